The monoisotopic (exact) mass is 341 g/mol. The van der Waals surface area contributed by atoms with Crippen molar-refractivity contribution in [1.82, 2.24) is 15.5 Å². The standard InChI is InChI=1S/C14H20BrN3O2/c1-18(2)9-5-8-16-13(19)10-17-14(20)11-6-3-4-7-12(11)15/h3-4,6-7H,5,8-10H2,1-2H3,(H,16,19)(H,17,20). The van der Waals surface area contributed by atoms with E-state index in [2.05, 4.69) is 31.5 Å². The molecule has 0 heterocycles. The molecule has 0 radical (unpaired) electrons. The van der Waals surface area contributed by atoms with Gasteiger partial charge < -0.3 is 15.5 Å². The fourth-order valence-corrected chi connectivity index (χ4v) is 2.05. The van der Waals surface area contributed by atoms with Crippen LogP contribution in [0, 0.1) is 0 Å². The molecule has 1 rings (SSSR count). The number of rotatable bonds is 7. The highest BCUT2D eigenvalue weighted by Crippen LogP contribution is 2.15. The molecular formula is C14H20BrN3O2. The lowest BCUT2D eigenvalue weighted by Crippen LogP contribution is -2.37. The van der Waals surface area contributed by atoms with Crippen LogP contribution in [0.1, 0.15) is 16.8 Å². The van der Waals surface area contributed by atoms with E-state index in [4.69, 9.17) is 0 Å². The van der Waals surface area contributed by atoms with Crippen LogP contribution in [0.3, 0.4) is 0 Å². The summed E-state index contributed by atoms with van der Waals surface area (Å²) >= 11 is 3.30. The van der Waals surface area contributed by atoms with Crippen LogP contribution in [0.15, 0.2) is 28.7 Å². The molecule has 0 aliphatic heterocycles. The van der Waals surface area contributed by atoms with Crippen molar-refractivity contribution in [2.75, 3.05) is 33.7 Å². The van der Waals surface area contributed by atoms with Gasteiger partial charge in [0, 0.05) is 11.0 Å². The molecule has 0 spiro atoms. The molecule has 6 heteroatoms. The summed E-state index contributed by atoms with van der Waals surface area (Å²) in [5.74, 6) is -0.440. The molecule has 0 atom stereocenters. The Morgan fingerprint density at radius 1 is 1.20 bits per heavy atom. The maximum atomic E-state index is 11.9. The third kappa shape index (κ3) is 6.16. The fraction of sp³-hybridized carbons (Fsp3) is 0.429. The maximum absolute atomic E-state index is 11.9. The first-order chi connectivity index (χ1) is 9.50. The highest BCUT2D eigenvalue weighted by atomic mass is 79.9. The van der Waals surface area contributed by atoms with E-state index in [0.717, 1.165) is 13.0 Å². The summed E-state index contributed by atoms with van der Waals surface area (Å²) in [7, 11) is 3.97. The lowest BCUT2D eigenvalue weighted by molar-refractivity contribution is -0.120. The maximum Gasteiger partial charge on any atom is 0.252 e. The molecule has 1 aromatic rings. The summed E-state index contributed by atoms with van der Waals surface area (Å²) in [5, 5.41) is 5.37. The Labute approximate surface area is 127 Å². The first-order valence-corrected chi connectivity index (χ1v) is 7.24. The second kappa shape index (κ2) is 8.71. The van der Waals surface area contributed by atoms with E-state index < -0.39 is 0 Å². The van der Waals surface area contributed by atoms with Crippen LogP contribution < -0.4 is 10.6 Å². The van der Waals surface area contributed by atoms with Gasteiger partial charge in [0.05, 0.1) is 12.1 Å². The quantitative estimate of drug-likeness (QED) is 0.733. The number of amides is 2. The van der Waals surface area contributed by atoms with Crippen LogP contribution >= 0.6 is 15.9 Å². The van der Waals surface area contributed by atoms with Gasteiger partial charge in [-0.2, -0.15) is 0 Å². The van der Waals surface area contributed by atoms with Crippen molar-refractivity contribution in [3.63, 3.8) is 0 Å². The third-order valence-electron chi connectivity index (χ3n) is 2.63. The molecule has 5 nitrogen and oxygen atoms in total. The van der Waals surface area contributed by atoms with E-state index >= 15 is 0 Å². The number of carbonyl (C=O) groups excluding carboxylic acids is 2. The molecule has 0 saturated carbocycles. The second-order valence-electron chi connectivity index (χ2n) is 4.67. The van der Waals surface area contributed by atoms with Crippen molar-refractivity contribution in [3.05, 3.63) is 34.3 Å². The number of hydrogen-bond acceptors (Lipinski definition) is 3. The first-order valence-electron chi connectivity index (χ1n) is 6.45. The van der Waals surface area contributed by atoms with Crippen LogP contribution in [0.25, 0.3) is 0 Å². The van der Waals surface area contributed by atoms with Gasteiger partial charge in [-0.15, -0.1) is 0 Å². The van der Waals surface area contributed by atoms with Gasteiger partial charge in [-0.1, -0.05) is 12.1 Å². The van der Waals surface area contributed by atoms with Crippen LogP contribution in [0.2, 0.25) is 0 Å². The minimum Gasteiger partial charge on any atom is -0.355 e. The molecule has 2 amide bonds. The minimum absolute atomic E-state index is 0.0118. The molecule has 0 aromatic heterocycles. The van der Waals surface area contributed by atoms with E-state index in [-0.39, 0.29) is 18.4 Å². The van der Waals surface area contributed by atoms with Gasteiger partial charge in [0.1, 0.15) is 0 Å². The average Bonchev–Trinajstić information content (AvgIpc) is 2.41. The topological polar surface area (TPSA) is 61.4 Å². The Morgan fingerprint density at radius 2 is 1.90 bits per heavy atom. The molecule has 2 N–H and O–H groups in total. The number of nitrogens with one attached hydrogen (secondary N) is 2. The van der Waals surface area contributed by atoms with Crippen molar-refractivity contribution in [1.29, 1.82) is 0 Å². The van der Waals surface area contributed by atoms with Crippen molar-refractivity contribution in [3.8, 4) is 0 Å². The molecule has 0 unspecified atom stereocenters. The van der Waals surface area contributed by atoms with Crippen molar-refractivity contribution >= 4 is 27.7 Å². The zero-order valence-electron chi connectivity index (χ0n) is 11.8. The molecule has 1 aromatic carbocycles. The SMILES string of the molecule is CN(C)CCCNC(=O)CNC(=O)c1ccccc1Br. The Balaban J connectivity index is 2.27. The van der Waals surface area contributed by atoms with Crippen LogP contribution in [-0.4, -0.2) is 50.4 Å². The number of benzene rings is 1. The summed E-state index contributed by atoms with van der Waals surface area (Å²) < 4.78 is 0.712. The van der Waals surface area contributed by atoms with E-state index in [1.807, 2.05) is 20.2 Å². The van der Waals surface area contributed by atoms with Crippen LogP contribution in [0.5, 0.6) is 0 Å². The normalized spacial score (nSPS) is 10.4. The van der Waals surface area contributed by atoms with Gasteiger partial charge in [0.2, 0.25) is 5.91 Å². The van der Waals surface area contributed by atoms with Gasteiger partial charge in [-0.25, -0.2) is 0 Å². The van der Waals surface area contributed by atoms with E-state index in [1.165, 1.54) is 0 Å². The Morgan fingerprint density at radius 3 is 2.55 bits per heavy atom. The molecule has 0 aliphatic rings. The van der Waals surface area contributed by atoms with Gasteiger partial charge in [0.15, 0.2) is 0 Å². The first kappa shape index (κ1) is 16.7. The molecule has 0 fully saturated rings. The van der Waals surface area contributed by atoms with Gasteiger partial charge in [0.25, 0.3) is 5.91 Å². The van der Waals surface area contributed by atoms with Gasteiger partial charge in [-0.3, -0.25) is 9.59 Å². The van der Waals surface area contributed by atoms with E-state index in [0.29, 0.717) is 16.6 Å². The lowest BCUT2D eigenvalue weighted by atomic mass is 10.2. The predicted octanol–water partition coefficient (Wildman–Crippen LogP) is 1.25. The summed E-state index contributed by atoms with van der Waals surface area (Å²) in [6.45, 7) is 1.52. The summed E-state index contributed by atoms with van der Waals surface area (Å²) in [6.07, 6.45) is 0.886. The highest BCUT2D eigenvalue weighted by molar-refractivity contribution is 9.10. The minimum atomic E-state index is -0.263. The number of hydrogen-bond donors (Lipinski definition) is 2. The second-order valence-corrected chi connectivity index (χ2v) is 5.52. The van der Waals surface area contributed by atoms with Crippen molar-refractivity contribution < 1.29 is 9.59 Å². The summed E-state index contributed by atoms with van der Waals surface area (Å²) in [4.78, 5) is 25.5. The zero-order valence-corrected chi connectivity index (χ0v) is 13.4. The average molecular weight is 342 g/mol. The zero-order chi connectivity index (χ0) is 15.0. The Hall–Kier alpha value is -1.40. The Bertz CT molecular complexity index is 463. The Kier molecular flexibility index (Phi) is 7.25. The van der Waals surface area contributed by atoms with Crippen molar-refractivity contribution in [2.45, 2.75) is 6.42 Å². The fourth-order valence-electron chi connectivity index (χ4n) is 1.59. The summed E-state index contributed by atoms with van der Waals surface area (Å²) in [5.41, 5.74) is 0.521. The van der Waals surface area contributed by atoms with Gasteiger partial charge >= 0.3 is 0 Å². The molecule has 0 aliphatic carbocycles. The molecular weight excluding hydrogens is 322 g/mol. The molecule has 110 valence electrons. The van der Waals surface area contributed by atoms with E-state index in [1.54, 1.807) is 18.2 Å². The molecule has 20 heavy (non-hydrogen) atoms. The highest BCUT2D eigenvalue weighted by Gasteiger charge is 2.10. The lowest BCUT2D eigenvalue weighted by Gasteiger charge is -2.10. The predicted molar refractivity (Wildman–Crippen MR) is 82.7 cm³/mol. The van der Waals surface area contributed by atoms with Gasteiger partial charge in [-0.05, 0) is 55.1 Å². The number of nitrogens with zero attached hydrogens (tertiary/aromatic N) is 1. The van der Waals surface area contributed by atoms with Crippen molar-refractivity contribution in [2.24, 2.45) is 0 Å². The number of halogens is 1. The molecule has 0 bridgehead atoms. The van der Waals surface area contributed by atoms with Crippen LogP contribution in [-0.2, 0) is 4.79 Å². The van der Waals surface area contributed by atoms with E-state index in [9.17, 15) is 9.59 Å². The van der Waals surface area contributed by atoms with Crippen LogP contribution in [0.4, 0.5) is 0 Å². The molecule has 0 saturated heterocycles. The summed E-state index contributed by atoms with van der Waals surface area (Å²) in [6, 6.07) is 7.10. The number of carbonyl (C=O) groups is 2. The smallest absolute Gasteiger partial charge is 0.252 e. The largest absolute Gasteiger partial charge is 0.355 e. The third-order valence-corrected chi connectivity index (χ3v) is 3.32.